The molecule has 2 fully saturated rings. The molecule has 1 aliphatic heterocycles. The Morgan fingerprint density at radius 2 is 2.00 bits per heavy atom. The van der Waals surface area contributed by atoms with Gasteiger partial charge in [-0.2, -0.15) is 0 Å². The number of hydrogen-bond acceptors (Lipinski definition) is 4. The van der Waals surface area contributed by atoms with Crippen molar-refractivity contribution < 1.29 is 14.3 Å². The molecule has 25 heavy (non-hydrogen) atoms. The molecule has 7 nitrogen and oxygen atoms in total. The van der Waals surface area contributed by atoms with Gasteiger partial charge in [0.05, 0.1) is 6.54 Å². The van der Waals surface area contributed by atoms with Crippen LogP contribution in [0.15, 0.2) is 18.3 Å². The van der Waals surface area contributed by atoms with E-state index in [1.807, 2.05) is 4.90 Å². The second-order valence-electron chi connectivity index (χ2n) is 6.85. The molecule has 136 valence electrons. The normalized spacial score (nSPS) is 21.6. The Morgan fingerprint density at radius 1 is 1.20 bits per heavy atom. The van der Waals surface area contributed by atoms with Gasteiger partial charge in [-0.1, -0.05) is 19.3 Å². The maximum absolute atomic E-state index is 12.5. The first kappa shape index (κ1) is 17.5. The molecule has 3 rings (SSSR count). The summed E-state index contributed by atoms with van der Waals surface area (Å²) >= 11 is 0. The van der Waals surface area contributed by atoms with E-state index in [4.69, 9.17) is 10.5 Å². The molecule has 0 radical (unpaired) electrons. The topological polar surface area (TPSA) is 97.6 Å². The Balaban J connectivity index is 1.54. The van der Waals surface area contributed by atoms with Gasteiger partial charge in [0.25, 0.3) is 5.91 Å². The van der Waals surface area contributed by atoms with E-state index >= 15 is 0 Å². The first-order valence-corrected chi connectivity index (χ1v) is 9.10. The fourth-order valence-electron chi connectivity index (χ4n) is 3.54. The van der Waals surface area contributed by atoms with Crippen molar-refractivity contribution in [1.82, 2.24) is 15.2 Å². The maximum Gasteiger partial charge on any atom is 0.317 e. The van der Waals surface area contributed by atoms with E-state index in [1.165, 1.54) is 25.5 Å². The van der Waals surface area contributed by atoms with Crippen molar-refractivity contribution in [2.75, 3.05) is 13.1 Å². The predicted octanol–water partition coefficient (Wildman–Crippen LogP) is 2.07. The monoisotopic (exact) mass is 346 g/mol. The van der Waals surface area contributed by atoms with E-state index in [1.54, 1.807) is 12.1 Å². The van der Waals surface area contributed by atoms with Crippen molar-refractivity contribution in [2.45, 2.75) is 57.1 Å². The summed E-state index contributed by atoms with van der Waals surface area (Å²) in [6.45, 7) is 1.30. The van der Waals surface area contributed by atoms with Crippen molar-refractivity contribution in [3.63, 3.8) is 0 Å². The van der Waals surface area contributed by atoms with Crippen LogP contribution in [0.25, 0.3) is 0 Å². The zero-order chi connectivity index (χ0) is 17.6. The average molecular weight is 346 g/mol. The molecule has 7 heteroatoms. The number of nitrogens with one attached hydrogen (secondary N) is 1. The van der Waals surface area contributed by atoms with Gasteiger partial charge in [0, 0.05) is 24.8 Å². The molecule has 1 saturated carbocycles. The smallest absolute Gasteiger partial charge is 0.317 e. The SMILES string of the molecule is NC(=O)c1cc(OC2CCCN(C(=O)NC3CCCCC3)C2)ccn1. The molecule has 1 aromatic heterocycles. The Bertz CT molecular complexity index is 616. The lowest BCUT2D eigenvalue weighted by Gasteiger charge is -2.34. The number of likely N-dealkylation sites (tertiary alicyclic amines) is 1. The van der Waals surface area contributed by atoms with Crippen LogP contribution >= 0.6 is 0 Å². The van der Waals surface area contributed by atoms with E-state index in [9.17, 15) is 9.59 Å². The highest BCUT2D eigenvalue weighted by Crippen LogP contribution is 2.20. The molecule has 3 N–H and O–H groups in total. The molecule has 1 atom stereocenters. The minimum Gasteiger partial charge on any atom is -0.488 e. The number of nitrogens with two attached hydrogens (primary N) is 1. The molecule has 2 heterocycles. The number of urea groups is 1. The molecule has 1 aromatic rings. The number of aromatic nitrogens is 1. The van der Waals surface area contributed by atoms with Crippen LogP contribution < -0.4 is 15.8 Å². The van der Waals surface area contributed by atoms with Gasteiger partial charge in [0.1, 0.15) is 17.5 Å². The molecule has 0 aromatic carbocycles. The molecule has 0 bridgehead atoms. The molecule has 3 amide bonds. The number of ether oxygens (including phenoxy) is 1. The fourth-order valence-corrected chi connectivity index (χ4v) is 3.54. The van der Waals surface area contributed by atoms with Crippen LogP contribution in [-0.4, -0.2) is 47.1 Å². The molecule has 1 saturated heterocycles. The lowest BCUT2D eigenvalue weighted by molar-refractivity contribution is 0.0974. The molecule has 2 aliphatic rings. The highest BCUT2D eigenvalue weighted by atomic mass is 16.5. The number of nitrogens with zero attached hydrogens (tertiary/aromatic N) is 2. The molecule has 1 unspecified atom stereocenters. The van der Waals surface area contributed by atoms with Gasteiger partial charge in [0.2, 0.25) is 0 Å². The number of piperidine rings is 1. The van der Waals surface area contributed by atoms with E-state index in [0.717, 1.165) is 32.2 Å². The standard InChI is InChI=1S/C18H26N4O3/c19-17(23)16-11-14(8-9-20-16)25-15-7-4-10-22(12-15)18(24)21-13-5-2-1-3-6-13/h8-9,11,13,15H,1-7,10,12H2,(H2,19,23)(H,21,24). The Hall–Kier alpha value is -2.31. The quantitative estimate of drug-likeness (QED) is 0.872. The summed E-state index contributed by atoms with van der Waals surface area (Å²) in [7, 11) is 0. The number of pyridine rings is 1. The molecular formula is C18H26N4O3. The van der Waals surface area contributed by atoms with E-state index < -0.39 is 5.91 Å². The maximum atomic E-state index is 12.5. The Labute approximate surface area is 147 Å². The third-order valence-electron chi connectivity index (χ3n) is 4.88. The van der Waals surface area contributed by atoms with Gasteiger partial charge < -0.3 is 20.7 Å². The second kappa shape index (κ2) is 8.18. The van der Waals surface area contributed by atoms with Crippen molar-refractivity contribution >= 4 is 11.9 Å². The van der Waals surface area contributed by atoms with Gasteiger partial charge in [-0.15, -0.1) is 0 Å². The van der Waals surface area contributed by atoms with Crippen LogP contribution in [0.3, 0.4) is 0 Å². The third kappa shape index (κ3) is 4.84. The number of carbonyl (C=O) groups excluding carboxylic acids is 2. The van der Waals surface area contributed by atoms with Crippen molar-refractivity contribution in [3.8, 4) is 5.75 Å². The number of carbonyl (C=O) groups is 2. The number of primary amides is 1. The van der Waals surface area contributed by atoms with Crippen molar-refractivity contribution in [2.24, 2.45) is 5.73 Å². The van der Waals surface area contributed by atoms with Crippen molar-refractivity contribution in [3.05, 3.63) is 24.0 Å². The highest BCUT2D eigenvalue weighted by Gasteiger charge is 2.26. The minimum absolute atomic E-state index is 0.00718. The Morgan fingerprint density at radius 3 is 2.76 bits per heavy atom. The summed E-state index contributed by atoms with van der Waals surface area (Å²) in [4.78, 5) is 29.5. The van der Waals surface area contributed by atoms with E-state index in [2.05, 4.69) is 10.3 Å². The average Bonchev–Trinajstić information content (AvgIpc) is 2.63. The minimum atomic E-state index is -0.581. The van der Waals surface area contributed by atoms with Gasteiger partial charge >= 0.3 is 6.03 Å². The van der Waals surface area contributed by atoms with Crippen LogP contribution in [0.1, 0.15) is 55.4 Å². The molecule has 1 aliphatic carbocycles. The summed E-state index contributed by atoms with van der Waals surface area (Å²) in [6.07, 6.45) is 9.00. The van der Waals surface area contributed by atoms with Crippen LogP contribution in [0.5, 0.6) is 5.75 Å². The van der Waals surface area contributed by atoms with Gasteiger partial charge in [0.15, 0.2) is 0 Å². The number of hydrogen-bond donors (Lipinski definition) is 2. The first-order valence-electron chi connectivity index (χ1n) is 9.10. The Kier molecular flexibility index (Phi) is 5.73. The molecule has 0 spiro atoms. The summed E-state index contributed by atoms with van der Waals surface area (Å²) in [5.74, 6) is -0.0223. The summed E-state index contributed by atoms with van der Waals surface area (Å²) < 4.78 is 5.95. The predicted molar refractivity (Wildman–Crippen MR) is 93.4 cm³/mol. The zero-order valence-corrected chi connectivity index (χ0v) is 14.4. The van der Waals surface area contributed by atoms with Crippen LogP contribution in [0, 0.1) is 0 Å². The van der Waals surface area contributed by atoms with E-state index in [-0.39, 0.29) is 17.8 Å². The van der Waals surface area contributed by atoms with E-state index in [0.29, 0.717) is 18.3 Å². The first-order chi connectivity index (χ1) is 12.1. The fraction of sp³-hybridized carbons (Fsp3) is 0.611. The highest BCUT2D eigenvalue weighted by molar-refractivity contribution is 5.91. The summed E-state index contributed by atoms with van der Waals surface area (Å²) in [6, 6.07) is 3.56. The number of rotatable bonds is 4. The van der Waals surface area contributed by atoms with Crippen LogP contribution in [0.4, 0.5) is 4.79 Å². The van der Waals surface area contributed by atoms with Gasteiger partial charge in [-0.05, 0) is 31.7 Å². The van der Waals surface area contributed by atoms with Crippen LogP contribution in [-0.2, 0) is 0 Å². The largest absolute Gasteiger partial charge is 0.488 e. The number of amides is 3. The van der Waals surface area contributed by atoms with Crippen LogP contribution in [0.2, 0.25) is 0 Å². The lowest BCUT2D eigenvalue weighted by Crippen LogP contribution is -2.51. The van der Waals surface area contributed by atoms with Gasteiger partial charge in [-0.3, -0.25) is 9.78 Å². The van der Waals surface area contributed by atoms with Gasteiger partial charge in [-0.25, -0.2) is 4.79 Å². The zero-order valence-electron chi connectivity index (χ0n) is 14.4. The summed E-state index contributed by atoms with van der Waals surface area (Å²) in [5.41, 5.74) is 5.43. The third-order valence-corrected chi connectivity index (χ3v) is 4.88. The summed E-state index contributed by atoms with van der Waals surface area (Å²) in [5, 5.41) is 3.16. The van der Waals surface area contributed by atoms with Crippen molar-refractivity contribution in [1.29, 1.82) is 0 Å². The lowest BCUT2D eigenvalue weighted by atomic mass is 9.96. The molecular weight excluding hydrogens is 320 g/mol. The second-order valence-corrected chi connectivity index (χ2v) is 6.85.